The molecule has 1 aromatic carbocycles. The van der Waals surface area contributed by atoms with Crippen LogP contribution < -0.4 is 0 Å². The maximum atomic E-state index is 13.2. The van der Waals surface area contributed by atoms with E-state index in [1.165, 1.54) is 6.42 Å². The van der Waals surface area contributed by atoms with Gasteiger partial charge in [-0.25, -0.2) is 0 Å². The van der Waals surface area contributed by atoms with Crippen LogP contribution in [0.4, 0.5) is 0 Å². The van der Waals surface area contributed by atoms with E-state index < -0.39 is 11.9 Å². The quantitative estimate of drug-likeness (QED) is 0.928. The number of aliphatic carboxylic acids is 1. The van der Waals surface area contributed by atoms with Crippen LogP contribution in [0.25, 0.3) is 0 Å². The van der Waals surface area contributed by atoms with Crippen molar-refractivity contribution in [3.63, 3.8) is 0 Å². The predicted octanol–water partition coefficient (Wildman–Crippen LogP) is 3.56. The summed E-state index contributed by atoms with van der Waals surface area (Å²) < 4.78 is 0. The molecule has 1 amide bonds. The number of nitrogens with zero attached hydrogens (tertiary/aromatic N) is 1. The zero-order valence-electron chi connectivity index (χ0n) is 13.8. The van der Waals surface area contributed by atoms with Gasteiger partial charge in [-0.15, -0.1) is 0 Å². The van der Waals surface area contributed by atoms with Gasteiger partial charge < -0.3 is 10.0 Å². The molecule has 4 nitrogen and oxygen atoms in total. The maximum absolute atomic E-state index is 13.2. The van der Waals surface area contributed by atoms with Crippen LogP contribution in [0.1, 0.15) is 62.5 Å². The Labute approximate surface area is 137 Å². The minimum atomic E-state index is -0.843. The first-order valence-electron chi connectivity index (χ1n) is 8.67. The fraction of sp³-hybridized carbons (Fsp3) is 0.579. The summed E-state index contributed by atoms with van der Waals surface area (Å²) in [6.07, 6.45) is 6.15. The smallest absolute Gasteiger partial charge is 0.312 e. The van der Waals surface area contributed by atoms with Crippen LogP contribution in [0.3, 0.4) is 0 Å². The van der Waals surface area contributed by atoms with Crippen molar-refractivity contribution in [1.29, 1.82) is 0 Å². The fourth-order valence-corrected chi connectivity index (χ4v) is 4.26. The van der Waals surface area contributed by atoms with Crippen LogP contribution in [0, 0.1) is 5.41 Å². The predicted molar refractivity (Wildman–Crippen MR) is 88.0 cm³/mol. The van der Waals surface area contributed by atoms with Crippen molar-refractivity contribution < 1.29 is 14.7 Å². The van der Waals surface area contributed by atoms with Gasteiger partial charge in [-0.05, 0) is 30.4 Å². The third kappa shape index (κ3) is 2.87. The Kier molecular flexibility index (Phi) is 4.42. The number of hydrogen-bond donors (Lipinski definition) is 1. The number of hydrogen-bond acceptors (Lipinski definition) is 2. The first-order valence-corrected chi connectivity index (χ1v) is 8.67. The lowest BCUT2D eigenvalue weighted by molar-refractivity contribution is -0.148. The molecule has 1 aromatic rings. The number of benzene rings is 1. The molecule has 124 valence electrons. The molecule has 1 heterocycles. The Morgan fingerprint density at radius 2 is 1.91 bits per heavy atom. The van der Waals surface area contributed by atoms with E-state index in [1.54, 1.807) is 4.90 Å². The first kappa shape index (κ1) is 16.0. The topological polar surface area (TPSA) is 57.6 Å². The number of carboxylic acids is 1. The molecule has 0 spiro atoms. The second-order valence-corrected chi connectivity index (χ2v) is 6.97. The molecule has 2 aliphatic rings. The zero-order chi connectivity index (χ0) is 16.4. The lowest BCUT2D eigenvalue weighted by Gasteiger charge is -2.42. The summed E-state index contributed by atoms with van der Waals surface area (Å²) in [6, 6.07) is 7.62. The van der Waals surface area contributed by atoms with Gasteiger partial charge in [-0.1, -0.05) is 50.5 Å². The van der Waals surface area contributed by atoms with E-state index in [1.807, 2.05) is 24.3 Å². The van der Waals surface area contributed by atoms with Crippen molar-refractivity contribution in [2.24, 2.45) is 5.41 Å². The first-order chi connectivity index (χ1) is 11.1. The van der Waals surface area contributed by atoms with Crippen molar-refractivity contribution in [3.05, 3.63) is 35.4 Å². The summed E-state index contributed by atoms with van der Waals surface area (Å²) in [6.45, 7) is 2.93. The third-order valence-corrected chi connectivity index (χ3v) is 5.72. The highest BCUT2D eigenvalue weighted by Crippen LogP contribution is 2.42. The highest BCUT2D eigenvalue weighted by atomic mass is 16.4. The van der Waals surface area contributed by atoms with Crippen LogP contribution >= 0.6 is 0 Å². The molecule has 1 fully saturated rings. The maximum Gasteiger partial charge on any atom is 0.312 e. The van der Waals surface area contributed by atoms with Crippen LogP contribution in [0.15, 0.2) is 24.3 Å². The molecule has 0 radical (unpaired) electrons. The second-order valence-electron chi connectivity index (χ2n) is 6.97. The molecule has 1 saturated carbocycles. The van der Waals surface area contributed by atoms with Gasteiger partial charge in [0.1, 0.15) is 0 Å². The van der Waals surface area contributed by atoms with E-state index in [4.69, 9.17) is 0 Å². The van der Waals surface area contributed by atoms with Gasteiger partial charge in [0, 0.05) is 18.5 Å². The molecule has 23 heavy (non-hydrogen) atoms. The number of amides is 1. The van der Waals surface area contributed by atoms with Crippen molar-refractivity contribution >= 4 is 11.9 Å². The van der Waals surface area contributed by atoms with Gasteiger partial charge in [-0.2, -0.15) is 0 Å². The molecule has 1 N–H and O–H groups in total. The molecular formula is C19H25NO3. The summed E-state index contributed by atoms with van der Waals surface area (Å²) in [4.78, 5) is 26.7. The zero-order valence-corrected chi connectivity index (χ0v) is 13.8. The number of carbonyl (C=O) groups excluding carboxylic acids is 1. The van der Waals surface area contributed by atoms with Gasteiger partial charge in [0.15, 0.2) is 0 Å². The largest absolute Gasteiger partial charge is 0.481 e. The normalized spacial score (nSPS) is 23.2. The molecule has 0 bridgehead atoms. The van der Waals surface area contributed by atoms with E-state index in [0.29, 0.717) is 13.1 Å². The van der Waals surface area contributed by atoms with Gasteiger partial charge in [0.05, 0.1) is 5.92 Å². The van der Waals surface area contributed by atoms with E-state index in [0.717, 1.165) is 43.2 Å². The monoisotopic (exact) mass is 315 g/mol. The Hall–Kier alpha value is -1.84. The second kappa shape index (κ2) is 6.34. The Balaban J connectivity index is 1.89. The third-order valence-electron chi connectivity index (χ3n) is 5.72. The number of rotatable bonds is 3. The van der Waals surface area contributed by atoms with Gasteiger partial charge in [-0.3, -0.25) is 9.59 Å². The van der Waals surface area contributed by atoms with Crippen molar-refractivity contribution in [3.8, 4) is 0 Å². The molecular weight excluding hydrogens is 290 g/mol. The van der Waals surface area contributed by atoms with Gasteiger partial charge in [0.2, 0.25) is 5.91 Å². The number of fused-ring (bicyclic) bond motifs is 1. The van der Waals surface area contributed by atoms with Crippen molar-refractivity contribution in [2.75, 3.05) is 6.54 Å². The Morgan fingerprint density at radius 3 is 2.57 bits per heavy atom. The Morgan fingerprint density at radius 1 is 1.22 bits per heavy atom. The molecule has 3 rings (SSSR count). The van der Waals surface area contributed by atoms with Crippen molar-refractivity contribution in [2.45, 2.75) is 57.9 Å². The van der Waals surface area contributed by atoms with E-state index in [-0.39, 0.29) is 11.3 Å². The number of carboxylic acid groups (broad SMARTS) is 1. The van der Waals surface area contributed by atoms with Crippen LogP contribution in [-0.4, -0.2) is 28.4 Å². The van der Waals surface area contributed by atoms with Crippen LogP contribution in [0.2, 0.25) is 0 Å². The van der Waals surface area contributed by atoms with E-state index >= 15 is 0 Å². The molecule has 0 aromatic heterocycles. The SMILES string of the molecule is CCC1(C(=O)N2Cc3ccccc3C(C(=O)O)C2)CCCCC1. The summed E-state index contributed by atoms with van der Waals surface area (Å²) in [5.74, 6) is -1.29. The van der Waals surface area contributed by atoms with Crippen LogP contribution in [-0.2, 0) is 16.1 Å². The summed E-state index contributed by atoms with van der Waals surface area (Å²) in [7, 11) is 0. The fourth-order valence-electron chi connectivity index (χ4n) is 4.26. The lowest BCUT2D eigenvalue weighted by atomic mass is 9.70. The molecule has 1 unspecified atom stereocenters. The van der Waals surface area contributed by atoms with E-state index in [2.05, 4.69) is 6.92 Å². The van der Waals surface area contributed by atoms with Gasteiger partial charge >= 0.3 is 5.97 Å². The minimum Gasteiger partial charge on any atom is -0.481 e. The highest BCUT2D eigenvalue weighted by molar-refractivity contribution is 5.85. The highest BCUT2D eigenvalue weighted by Gasteiger charge is 2.43. The van der Waals surface area contributed by atoms with E-state index in [9.17, 15) is 14.7 Å². The molecule has 1 aliphatic carbocycles. The molecule has 1 aliphatic heterocycles. The summed E-state index contributed by atoms with van der Waals surface area (Å²) >= 11 is 0. The summed E-state index contributed by atoms with van der Waals surface area (Å²) in [5.41, 5.74) is 1.56. The molecule has 4 heteroatoms. The Bertz CT molecular complexity index is 604. The van der Waals surface area contributed by atoms with Gasteiger partial charge in [0.25, 0.3) is 0 Å². The number of carbonyl (C=O) groups is 2. The minimum absolute atomic E-state index is 0.167. The lowest BCUT2D eigenvalue weighted by Crippen LogP contribution is -2.48. The molecule has 0 saturated heterocycles. The molecule has 1 atom stereocenters. The summed E-state index contributed by atoms with van der Waals surface area (Å²) in [5, 5.41) is 9.58. The van der Waals surface area contributed by atoms with Crippen LogP contribution in [0.5, 0.6) is 0 Å². The van der Waals surface area contributed by atoms with Crippen molar-refractivity contribution in [1.82, 2.24) is 4.90 Å². The standard InChI is InChI=1S/C19H25NO3/c1-2-19(10-6-3-7-11-19)18(23)20-12-14-8-4-5-9-15(14)16(13-20)17(21)22/h4-5,8-9,16H,2-3,6-7,10-13H2,1H3,(H,21,22). The average Bonchev–Trinajstić information content (AvgIpc) is 2.60. The average molecular weight is 315 g/mol.